The second kappa shape index (κ2) is 7.67. The fourth-order valence-electron chi connectivity index (χ4n) is 2.47. The third-order valence-electron chi connectivity index (χ3n) is 3.87. The molecule has 7 heteroatoms. The lowest BCUT2D eigenvalue weighted by Gasteiger charge is -2.18. The molecule has 2 aromatic carbocycles. The summed E-state index contributed by atoms with van der Waals surface area (Å²) in [7, 11) is -0.695. The average Bonchev–Trinajstić information content (AvgIpc) is 2.61. The summed E-state index contributed by atoms with van der Waals surface area (Å²) in [5.41, 5.74) is 2.18. The van der Waals surface area contributed by atoms with Gasteiger partial charge >= 0.3 is 0 Å². The van der Waals surface area contributed by atoms with Gasteiger partial charge < -0.3 is 10.1 Å². The van der Waals surface area contributed by atoms with E-state index in [1.54, 1.807) is 13.2 Å². The summed E-state index contributed by atoms with van der Waals surface area (Å²) in [4.78, 5) is 12.6. The van der Waals surface area contributed by atoms with E-state index in [1.807, 2.05) is 32.0 Å². The predicted octanol–water partition coefficient (Wildman–Crippen LogP) is 2.40. The van der Waals surface area contributed by atoms with Crippen molar-refractivity contribution < 1.29 is 17.9 Å². The summed E-state index contributed by atoms with van der Waals surface area (Å²) in [5.74, 6) is 0.328. The molecule has 2 aromatic rings. The van der Waals surface area contributed by atoms with Gasteiger partial charge in [-0.2, -0.15) is 0 Å². The summed E-state index contributed by atoms with van der Waals surface area (Å²) >= 11 is 0. The fraction of sp³-hybridized carbons (Fsp3) is 0.278. The smallest absolute Gasteiger partial charge is 0.251 e. The van der Waals surface area contributed by atoms with Crippen LogP contribution in [0.25, 0.3) is 0 Å². The Morgan fingerprint density at radius 3 is 2.52 bits per heavy atom. The molecule has 0 saturated carbocycles. The van der Waals surface area contributed by atoms with E-state index in [2.05, 4.69) is 10.0 Å². The number of sulfonamides is 1. The molecule has 6 nitrogen and oxygen atoms in total. The molecule has 0 aromatic heterocycles. The standard InChI is InChI=1S/C18H22N2O4S/c1-12-8-9-17(24-4)16(10-12)13(2)20-18(21)14-6-5-7-15(11-14)25(22,23)19-3/h5-11,13,19H,1-4H3,(H,20,21)/t13-/m0/s1. The Labute approximate surface area is 148 Å². The first-order valence-electron chi connectivity index (χ1n) is 7.77. The number of rotatable bonds is 6. The molecule has 1 atom stereocenters. The number of hydrogen-bond acceptors (Lipinski definition) is 4. The van der Waals surface area contributed by atoms with E-state index in [0.717, 1.165) is 11.1 Å². The van der Waals surface area contributed by atoms with Crippen molar-refractivity contribution in [1.29, 1.82) is 0 Å². The lowest BCUT2D eigenvalue weighted by atomic mass is 10.0. The zero-order valence-corrected chi connectivity index (χ0v) is 15.5. The zero-order chi connectivity index (χ0) is 18.6. The number of ether oxygens (including phenoxy) is 1. The highest BCUT2D eigenvalue weighted by Gasteiger charge is 2.18. The summed E-state index contributed by atoms with van der Waals surface area (Å²) in [5, 5.41) is 2.88. The molecule has 0 saturated heterocycles. The molecule has 0 radical (unpaired) electrons. The van der Waals surface area contributed by atoms with Gasteiger partial charge in [0.25, 0.3) is 5.91 Å². The first-order valence-corrected chi connectivity index (χ1v) is 9.26. The van der Waals surface area contributed by atoms with Crippen molar-refractivity contribution in [2.45, 2.75) is 24.8 Å². The van der Waals surface area contributed by atoms with Crippen LogP contribution in [0, 0.1) is 6.92 Å². The van der Waals surface area contributed by atoms with Crippen LogP contribution in [-0.2, 0) is 10.0 Å². The molecule has 0 aliphatic rings. The molecular formula is C18H22N2O4S. The Bertz CT molecular complexity index is 878. The first-order chi connectivity index (χ1) is 11.8. The minimum absolute atomic E-state index is 0.0449. The summed E-state index contributed by atoms with van der Waals surface area (Å²) < 4.78 is 31.3. The largest absolute Gasteiger partial charge is 0.496 e. The van der Waals surface area contributed by atoms with Crippen LogP contribution in [0.5, 0.6) is 5.75 Å². The second-order valence-corrected chi connectivity index (χ2v) is 7.56. The van der Waals surface area contributed by atoms with Gasteiger partial charge in [-0.25, -0.2) is 13.1 Å². The molecule has 0 unspecified atom stereocenters. The molecule has 134 valence electrons. The van der Waals surface area contributed by atoms with Crippen LogP contribution in [0.1, 0.15) is 34.5 Å². The van der Waals surface area contributed by atoms with Crippen LogP contribution in [0.4, 0.5) is 0 Å². The third-order valence-corrected chi connectivity index (χ3v) is 5.29. The van der Waals surface area contributed by atoms with E-state index < -0.39 is 10.0 Å². The molecule has 0 heterocycles. The van der Waals surface area contributed by atoms with Gasteiger partial charge in [-0.1, -0.05) is 23.8 Å². The van der Waals surface area contributed by atoms with Gasteiger partial charge in [0, 0.05) is 11.1 Å². The maximum absolute atomic E-state index is 12.5. The lowest BCUT2D eigenvalue weighted by Crippen LogP contribution is -2.27. The number of benzene rings is 2. The summed E-state index contributed by atoms with van der Waals surface area (Å²) in [6, 6.07) is 11.3. The number of nitrogens with one attached hydrogen (secondary N) is 2. The van der Waals surface area contributed by atoms with Gasteiger partial charge in [-0.05, 0) is 45.2 Å². The number of aryl methyl sites for hydroxylation is 1. The van der Waals surface area contributed by atoms with Gasteiger partial charge in [0.15, 0.2) is 0 Å². The molecule has 2 rings (SSSR count). The van der Waals surface area contributed by atoms with Gasteiger partial charge in [0.05, 0.1) is 18.0 Å². The van der Waals surface area contributed by atoms with Gasteiger partial charge in [0.1, 0.15) is 5.75 Å². The number of carbonyl (C=O) groups excluding carboxylic acids is 1. The Hall–Kier alpha value is -2.38. The highest BCUT2D eigenvalue weighted by Crippen LogP contribution is 2.26. The minimum atomic E-state index is -3.60. The monoisotopic (exact) mass is 362 g/mol. The van der Waals surface area contributed by atoms with Crippen molar-refractivity contribution in [2.75, 3.05) is 14.2 Å². The van der Waals surface area contributed by atoms with Gasteiger partial charge in [-0.15, -0.1) is 0 Å². The molecule has 0 bridgehead atoms. The predicted molar refractivity (Wildman–Crippen MR) is 96.3 cm³/mol. The molecule has 25 heavy (non-hydrogen) atoms. The second-order valence-electron chi connectivity index (χ2n) is 5.68. The highest BCUT2D eigenvalue weighted by atomic mass is 32.2. The Kier molecular flexibility index (Phi) is 5.81. The highest BCUT2D eigenvalue weighted by molar-refractivity contribution is 7.89. The minimum Gasteiger partial charge on any atom is -0.496 e. The molecule has 2 N–H and O–H groups in total. The quantitative estimate of drug-likeness (QED) is 0.826. The van der Waals surface area contributed by atoms with Crippen LogP contribution in [-0.4, -0.2) is 28.5 Å². The Balaban J connectivity index is 2.26. The maximum Gasteiger partial charge on any atom is 0.251 e. The number of hydrogen-bond donors (Lipinski definition) is 2. The Morgan fingerprint density at radius 1 is 1.16 bits per heavy atom. The number of methoxy groups -OCH3 is 1. The van der Waals surface area contributed by atoms with Crippen molar-refractivity contribution in [3.63, 3.8) is 0 Å². The molecule has 0 spiro atoms. The van der Waals surface area contributed by atoms with Crippen LogP contribution < -0.4 is 14.8 Å². The fourth-order valence-corrected chi connectivity index (χ4v) is 3.25. The SMILES string of the molecule is CNS(=O)(=O)c1cccc(C(=O)N[C@@H](C)c2cc(C)ccc2OC)c1. The van der Waals surface area contributed by atoms with E-state index in [9.17, 15) is 13.2 Å². The maximum atomic E-state index is 12.5. The van der Waals surface area contributed by atoms with E-state index >= 15 is 0 Å². The summed E-state index contributed by atoms with van der Waals surface area (Å²) in [6.45, 7) is 3.81. The molecule has 0 aliphatic heterocycles. The van der Waals surface area contributed by atoms with Crippen molar-refractivity contribution in [3.8, 4) is 5.75 Å². The Morgan fingerprint density at radius 2 is 1.88 bits per heavy atom. The molecule has 0 fully saturated rings. The van der Waals surface area contributed by atoms with E-state index in [1.165, 1.54) is 25.2 Å². The normalized spacial score (nSPS) is 12.5. The van der Waals surface area contributed by atoms with Crippen molar-refractivity contribution in [2.24, 2.45) is 0 Å². The molecular weight excluding hydrogens is 340 g/mol. The van der Waals surface area contributed by atoms with Gasteiger partial charge in [0.2, 0.25) is 10.0 Å². The summed E-state index contributed by atoms with van der Waals surface area (Å²) in [6.07, 6.45) is 0. The third kappa shape index (κ3) is 4.37. The van der Waals surface area contributed by atoms with E-state index in [-0.39, 0.29) is 22.4 Å². The first kappa shape index (κ1) is 19.0. The number of amides is 1. The molecule has 0 aliphatic carbocycles. The number of carbonyl (C=O) groups is 1. The topological polar surface area (TPSA) is 84.5 Å². The van der Waals surface area contributed by atoms with Crippen LogP contribution >= 0.6 is 0 Å². The van der Waals surface area contributed by atoms with Crippen LogP contribution in [0.2, 0.25) is 0 Å². The van der Waals surface area contributed by atoms with Crippen LogP contribution in [0.3, 0.4) is 0 Å². The van der Waals surface area contributed by atoms with E-state index in [4.69, 9.17) is 4.74 Å². The zero-order valence-electron chi connectivity index (χ0n) is 14.7. The van der Waals surface area contributed by atoms with Crippen LogP contribution in [0.15, 0.2) is 47.4 Å². The molecule has 1 amide bonds. The van der Waals surface area contributed by atoms with Crippen molar-refractivity contribution >= 4 is 15.9 Å². The van der Waals surface area contributed by atoms with Crippen molar-refractivity contribution in [3.05, 3.63) is 59.2 Å². The average molecular weight is 362 g/mol. The van der Waals surface area contributed by atoms with Gasteiger partial charge in [-0.3, -0.25) is 4.79 Å². The lowest BCUT2D eigenvalue weighted by molar-refractivity contribution is 0.0939. The van der Waals surface area contributed by atoms with E-state index in [0.29, 0.717) is 5.75 Å². The van der Waals surface area contributed by atoms with Crippen molar-refractivity contribution in [1.82, 2.24) is 10.0 Å².